The van der Waals surface area contributed by atoms with Crippen LogP contribution < -0.4 is 4.90 Å². The van der Waals surface area contributed by atoms with Crippen LogP contribution in [-0.4, -0.2) is 60.0 Å². The van der Waals surface area contributed by atoms with Crippen molar-refractivity contribution in [1.82, 2.24) is 14.8 Å². The SMILES string of the molecule is CN(C)C1CCN(C(=O)C(Cc2ccccc2)N(Cc2ccccc2)c2ccccn2)CC1. The second-order valence-corrected chi connectivity index (χ2v) is 9.03. The van der Waals surface area contributed by atoms with Crippen LogP contribution in [0.4, 0.5) is 5.82 Å². The molecule has 2 heterocycles. The number of nitrogens with zero attached hydrogens (tertiary/aromatic N) is 4. The molecule has 5 nitrogen and oxygen atoms in total. The van der Waals surface area contributed by atoms with E-state index >= 15 is 0 Å². The van der Waals surface area contributed by atoms with Crippen molar-refractivity contribution in [3.05, 3.63) is 96.2 Å². The number of pyridine rings is 1. The second kappa shape index (κ2) is 11.1. The number of aromatic nitrogens is 1. The van der Waals surface area contributed by atoms with E-state index in [1.54, 1.807) is 6.20 Å². The molecule has 1 unspecified atom stereocenters. The van der Waals surface area contributed by atoms with Gasteiger partial charge in [-0.05, 0) is 50.2 Å². The van der Waals surface area contributed by atoms with E-state index in [1.807, 2.05) is 54.6 Å². The van der Waals surface area contributed by atoms with Crippen molar-refractivity contribution >= 4 is 11.7 Å². The lowest BCUT2D eigenvalue weighted by molar-refractivity contribution is -0.134. The molecule has 1 atom stereocenters. The summed E-state index contributed by atoms with van der Waals surface area (Å²) in [6, 6.07) is 26.8. The van der Waals surface area contributed by atoms with Gasteiger partial charge in [-0.3, -0.25) is 4.79 Å². The van der Waals surface area contributed by atoms with Gasteiger partial charge in [0.05, 0.1) is 0 Å². The lowest BCUT2D eigenvalue weighted by Crippen LogP contribution is -2.53. The first-order valence-electron chi connectivity index (χ1n) is 11.8. The standard InChI is InChI=1S/C28H34N4O/c1-30(2)25-16-19-31(20-17-25)28(33)26(21-23-11-5-3-6-12-23)32(27-15-9-10-18-29-27)22-24-13-7-4-8-14-24/h3-15,18,25-26H,16-17,19-22H2,1-2H3. The molecular formula is C28H34N4O. The summed E-state index contributed by atoms with van der Waals surface area (Å²) < 4.78 is 0. The topological polar surface area (TPSA) is 39.7 Å². The van der Waals surface area contributed by atoms with Crippen LogP contribution in [0.5, 0.6) is 0 Å². The van der Waals surface area contributed by atoms with Gasteiger partial charge in [0, 0.05) is 38.3 Å². The molecule has 1 aliphatic heterocycles. The fourth-order valence-corrected chi connectivity index (χ4v) is 4.64. The van der Waals surface area contributed by atoms with E-state index in [1.165, 1.54) is 5.56 Å². The lowest BCUT2D eigenvalue weighted by atomic mass is 9.99. The molecule has 4 rings (SSSR count). The quantitative estimate of drug-likeness (QED) is 0.523. The summed E-state index contributed by atoms with van der Waals surface area (Å²) in [7, 11) is 4.26. The van der Waals surface area contributed by atoms with Gasteiger partial charge in [-0.1, -0.05) is 66.7 Å². The van der Waals surface area contributed by atoms with Gasteiger partial charge in [0.25, 0.3) is 0 Å². The van der Waals surface area contributed by atoms with Gasteiger partial charge in [0.2, 0.25) is 5.91 Å². The number of anilines is 1. The minimum Gasteiger partial charge on any atom is -0.341 e. The zero-order chi connectivity index (χ0) is 23.0. The normalized spacial score (nSPS) is 15.4. The van der Waals surface area contributed by atoms with Crippen LogP contribution >= 0.6 is 0 Å². The Bertz CT molecular complexity index is 986. The van der Waals surface area contributed by atoms with E-state index in [-0.39, 0.29) is 11.9 Å². The molecule has 0 aliphatic carbocycles. The Morgan fingerprint density at radius 1 is 0.909 bits per heavy atom. The fraction of sp³-hybridized carbons (Fsp3) is 0.357. The Labute approximate surface area is 197 Å². The highest BCUT2D eigenvalue weighted by molar-refractivity contribution is 5.85. The number of rotatable bonds is 8. The fourth-order valence-electron chi connectivity index (χ4n) is 4.64. The molecular weight excluding hydrogens is 408 g/mol. The molecule has 0 N–H and O–H groups in total. The Morgan fingerprint density at radius 3 is 2.09 bits per heavy atom. The van der Waals surface area contributed by atoms with Crippen molar-refractivity contribution in [2.24, 2.45) is 0 Å². The summed E-state index contributed by atoms with van der Waals surface area (Å²) in [4.78, 5) is 25.2. The van der Waals surface area contributed by atoms with Crippen LogP contribution in [-0.2, 0) is 17.8 Å². The van der Waals surface area contributed by atoms with Gasteiger partial charge in [-0.25, -0.2) is 4.98 Å². The van der Waals surface area contributed by atoms with Crippen molar-refractivity contribution in [3.8, 4) is 0 Å². The summed E-state index contributed by atoms with van der Waals surface area (Å²) >= 11 is 0. The van der Waals surface area contributed by atoms with E-state index in [0.717, 1.165) is 37.3 Å². The van der Waals surface area contributed by atoms with E-state index in [4.69, 9.17) is 0 Å². The predicted molar refractivity (Wildman–Crippen MR) is 134 cm³/mol. The zero-order valence-corrected chi connectivity index (χ0v) is 19.7. The van der Waals surface area contributed by atoms with Gasteiger partial charge in [0.15, 0.2) is 0 Å². The molecule has 1 saturated heterocycles. The van der Waals surface area contributed by atoms with Gasteiger partial charge < -0.3 is 14.7 Å². The van der Waals surface area contributed by atoms with Crippen molar-refractivity contribution < 1.29 is 4.79 Å². The third-order valence-corrected chi connectivity index (χ3v) is 6.58. The third kappa shape index (κ3) is 5.99. The molecule has 1 aromatic heterocycles. The summed E-state index contributed by atoms with van der Waals surface area (Å²) in [5, 5.41) is 0. The van der Waals surface area contributed by atoms with Crippen LogP contribution in [0.25, 0.3) is 0 Å². The average molecular weight is 443 g/mol. The summed E-state index contributed by atoms with van der Waals surface area (Å²) in [6.07, 6.45) is 4.48. The van der Waals surface area contributed by atoms with Crippen molar-refractivity contribution in [3.63, 3.8) is 0 Å². The molecule has 1 amide bonds. The lowest BCUT2D eigenvalue weighted by Gasteiger charge is -2.40. The summed E-state index contributed by atoms with van der Waals surface area (Å²) in [6.45, 7) is 2.23. The highest BCUT2D eigenvalue weighted by atomic mass is 16.2. The smallest absolute Gasteiger partial charge is 0.245 e. The van der Waals surface area contributed by atoms with Crippen molar-refractivity contribution in [2.45, 2.75) is 37.9 Å². The molecule has 0 spiro atoms. The number of benzene rings is 2. The highest BCUT2D eigenvalue weighted by Crippen LogP contribution is 2.24. The minimum absolute atomic E-state index is 0.192. The molecule has 0 bridgehead atoms. The number of amides is 1. The Hall–Kier alpha value is -3.18. The monoisotopic (exact) mass is 442 g/mol. The maximum absolute atomic E-state index is 14.0. The Kier molecular flexibility index (Phi) is 7.74. The van der Waals surface area contributed by atoms with Gasteiger partial charge in [-0.15, -0.1) is 0 Å². The second-order valence-electron chi connectivity index (χ2n) is 9.03. The molecule has 1 fully saturated rings. The first-order valence-corrected chi connectivity index (χ1v) is 11.8. The minimum atomic E-state index is -0.321. The number of hydrogen-bond acceptors (Lipinski definition) is 4. The first-order chi connectivity index (χ1) is 16.1. The Morgan fingerprint density at radius 2 is 1.52 bits per heavy atom. The molecule has 5 heteroatoms. The zero-order valence-electron chi connectivity index (χ0n) is 19.7. The number of carbonyl (C=O) groups excluding carboxylic acids is 1. The molecule has 3 aromatic rings. The largest absolute Gasteiger partial charge is 0.341 e. The number of likely N-dealkylation sites (tertiary alicyclic amines) is 1. The van der Waals surface area contributed by atoms with Crippen LogP contribution in [0.2, 0.25) is 0 Å². The maximum atomic E-state index is 14.0. The molecule has 1 aliphatic rings. The molecule has 2 aromatic carbocycles. The molecule has 0 saturated carbocycles. The van der Waals surface area contributed by atoms with Crippen LogP contribution in [0.3, 0.4) is 0 Å². The van der Waals surface area contributed by atoms with Gasteiger partial charge >= 0.3 is 0 Å². The number of hydrogen-bond donors (Lipinski definition) is 0. The maximum Gasteiger partial charge on any atom is 0.245 e. The van der Waals surface area contributed by atoms with Gasteiger partial charge in [-0.2, -0.15) is 0 Å². The van der Waals surface area contributed by atoms with Crippen molar-refractivity contribution in [1.29, 1.82) is 0 Å². The van der Waals surface area contributed by atoms with Gasteiger partial charge in [0.1, 0.15) is 11.9 Å². The molecule has 33 heavy (non-hydrogen) atoms. The predicted octanol–water partition coefficient (Wildman–Crippen LogP) is 4.25. The van der Waals surface area contributed by atoms with Crippen molar-refractivity contribution in [2.75, 3.05) is 32.1 Å². The first kappa shape index (κ1) is 23.0. The number of piperidine rings is 1. The van der Waals surface area contributed by atoms with E-state index in [9.17, 15) is 4.79 Å². The van der Waals surface area contributed by atoms with Crippen LogP contribution in [0.15, 0.2) is 85.1 Å². The summed E-state index contributed by atoms with van der Waals surface area (Å²) in [5.41, 5.74) is 2.33. The van der Waals surface area contributed by atoms with Crippen LogP contribution in [0, 0.1) is 0 Å². The average Bonchev–Trinajstić information content (AvgIpc) is 2.87. The number of carbonyl (C=O) groups is 1. The van der Waals surface area contributed by atoms with E-state index in [0.29, 0.717) is 19.0 Å². The molecule has 0 radical (unpaired) electrons. The summed E-state index contributed by atoms with van der Waals surface area (Å²) in [5.74, 6) is 1.02. The third-order valence-electron chi connectivity index (χ3n) is 6.58. The molecule has 172 valence electrons. The highest BCUT2D eigenvalue weighted by Gasteiger charge is 2.33. The van der Waals surface area contributed by atoms with E-state index < -0.39 is 0 Å². The Balaban J connectivity index is 1.65. The van der Waals surface area contributed by atoms with Crippen LogP contribution in [0.1, 0.15) is 24.0 Å². The van der Waals surface area contributed by atoms with E-state index in [2.05, 4.69) is 58.0 Å².